The Morgan fingerprint density at radius 1 is 1.33 bits per heavy atom. The second kappa shape index (κ2) is 7.58. The molecule has 0 fully saturated rings. The van der Waals surface area contributed by atoms with Crippen molar-refractivity contribution in [3.63, 3.8) is 0 Å². The summed E-state index contributed by atoms with van der Waals surface area (Å²) in [6.45, 7) is 4.38. The van der Waals surface area contributed by atoms with Gasteiger partial charge in [-0.3, -0.25) is 0 Å². The van der Waals surface area contributed by atoms with E-state index in [0.717, 1.165) is 24.2 Å². The molecule has 0 aromatic heterocycles. The van der Waals surface area contributed by atoms with Crippen LogP contribution in [0.25, 0.3) is 0 Å². The van der Waals surface area contributed by atoms with E-state index in [-0.39, 0.29) is 12.1 Å². The van der Waals surface area contributed by atoms with Crippen LogP contribution in [0.5, 0.6) is 5.75 Å². The lowest BCUT2D eigenvalue weighted by Gasteiger charge is -2.14. The highest BCUT2D eigenvalue weighted by molar-refractivity contribution is 5.67. The maximum atomic E-state index is 11.3. The van der Waals surface area contributed by atoms with Crippen LogP contribution in [-0.2, 0) is 11.2 Å². The molecule has 1 aromatic carbocycles. The van der Waals surface area contributed by atoms with Gasteiger partial charge in [0.05, 0.1) is 13.7 Å². The first kappa shape index (κ1) is 14.4. The van der Waals surface area contributed by atoms with Crippen molar-refractivity contribution in [1.29, 1.82) is 0 Å². The van der Waals surface area contributed by atoms with Crippen molar-refractivity contribution >= 4 is 6.09 Å². The van der Waals surface area contributed by atoms with Gasteiger partial charge in [0.1, 0.15) is 5.75 Å². The van der Waals surface area contributed by atoms with E-state index in [2.05, 4.69) is 5.32 Å². The van der Waals surface area contributed by atoms with Gasteiger partial charge < -0.3 is 14.8 Å². The largest absolute Gasteiger partial charge is 0.497 e. The predicted octanol–water partition coefficient (Wildman–Crippen LogP) is 2.76. The van der Waals surface area contributed by atoms with Crippen molar-refractivity contribution in [3.8, 4) is 5.75 Å². The first-order valence-electron chi connectivity index (χ1n) is 6.22. The molecule has 0 aliphatic heterocycles. The molecule has 0 aliphatic carbocycles. The number of carbonyl (C=O) groups excluding carboxylic acids is 1. The number of methoxy groups -OCH3 is 1. The number of hydrogen-bond donors (Lipinski definition) is 1. The predicted molar refractivity (Wildman–Crippen MR) is 70.9 cm³/mol. The molecule has 1 atom stereocenters. The fourth-order valence-corrected chi connectivity index (χ4v) is 1.60. The number of hydrogen-bond acceptors (Lipinski definition) is 3. The number of nitrogens with one attached hydrogen (secondary N) is 1. The number of benzene rings is 1. The molecule has 1 amide bonds. The highest BCUT2D eigenvalue weighted by Crippen LogP contribution is 2.12. The lowest BCUT2D eigenvalue weighted by atomic mass is 10.1. The zero-order valence-corrected chi connectivity index (χ0v) is 11.2. The molecule has 4 heteroatoms. The van der Waals surface area contributed by atoms with E-state index in [9.17, 15) is 4.79 Å². The van der Waals surface area contributed by atoms with Crippen molar-refractivity contribution in [2.75, 3.05) is 13.7 Å². The van der Waals surface area contributed by atoms with E-state index in [1.165, 1.54) is 0 Å². The molecule has 18 heavy (non-hydrogen) atoms. The lowest BCUT2D eigenvalue weighted by Crippen LogP contribution is -2.34. The zero-order valence-electron chi connectivity index (χ0n) is 11.2. The van der Waals surface area contributed by atoms with Gasteiger partial charge in [-0.15, -0.1) is 0 Å². The maximum Gasteiger partial charge on any atom is 0.407 e. The molecule has 1 aromatic rings. The molecule has 0 radical (unpaired) electrons. The Morgan fingerprint density at radius 3 is 2.56 bits per heavy atom. The van der Waals surface area contributed by atoms with E-state index in [4.69, 9.17) is 9.47 Å². The van der Waals surface area contributed by atoms with Crippen LogP contribution in [0.4, 0.5) is 4.79 Å². The van der Waals surface area contributed by atoms with E-state index >= 15 is 0 Å². The molecule has 1 rings (SSSR count). The Bertz CT molecular complexity index is 362. The van der Waals surface area contributed by atoms with Gasteiger partial charge in [-0.1, -0.05) is 19.1 Å². The second-order valence-electron chi connectivity index (χ2n) is 4.23. The summed E-state index contributed by atoms with van der Waals surface area (Å²) in [5.74, 6) is 0.835. The summed E-state index contributed by atoms with van der Waals surface area (Å²) in [6, 6.07) is 7.86. The average Bonchev–Trinajstić information content (AvgIpc) is 2.37. The molecule has 4 nitrogen and oxygen atoms in total. The molecule has 100 valence electrons. The van der Waals surface area contributed by atoms with Crippen LogP contribution in [0, 0.1) is 0 Å². The van der Waals surface area contributed by atoms with E-state index < -0.39 is 0 Å². The van der Waals surface area contributed by atoms with Gasteiger partial charge in [0.15, 0.2) is 0 Å². The molecule has 0 saturated heterocycles. The standard InChI is InChI=1S/C14H21NO3/c1-4-9-18-14(16)15-11(2)10-12-5-7-13(17-3)8-6-12/h5-8,11H,4,9-10H2,1-3H3,(H,15,16). The lowest BCUT2D eigenvalue weighted by molar-refractivity contribution is 0.143. The van der Waals surface area contributed by atoms with Crippen LogP contribution in [0.1, 0.15) is 25.8 Å². The van der Waals surface area contributed by atoms with Gasteiger partial charge in [0.2, 0.25) is 0 Å². The van der Waals surface area contributed by atoms with Gasteiger partial charge in [-0.05, 0) is 37.5 Å². The fraction of sp³-hybridized carbons (Fsp3) is 0.500. The SMILES string of the molecule is CCCOC(=O)NC(C)Cc1ccc(OC)cc1. The second-order valence-corrected chi connectivity index (χ2v) is 4.23. The van der Waals surface area contributed by atoms with Crippen molar-refractivity contribution in [2.45, 2.75) is 32.7 Å². The minimum absolute atomic E-state index is 0.0442. The Morgan fingerprint density at radius 2 is 2.00 bits per heavy atom. The smallest absolute Gasteiger partial charge is 0.407 e. The van der Waals surface area contributed by atoms with E-state index in [0.29, 0.717) is 6.61 Å². The Labute approximate surface area is 108 Å². The van der Waals surface area contributed by atoms with Crippen molar-refractivity contribution in [3.05, 3.63) is 29.8 Å². The maximum absolute atomic E-state index is 11.3. The quantitative estimate of drug-likeness (QED) is 0.845. The Hall–Kier alpha value is -1.71. The fourth-order valence-electron chi connectivity index (χ4n) is 1.60. The highest BCUT2D eigenvalue weighted by atomic mass is 16.5. The van der Waals surface area contributed by atoms with Crippen LogP contribution >= 0.6 is 0 Å². The molecule has 0 heterocycles. The van der Waals surface area contributed by atoms with Crippen molar-refractivity contribution in [2.24, 2.45) is 0 Å². The van der Waals surface area contributed by atoms with Crippen LogP contribution in [-0.4, -0.2) is 25.9 Å². The summed E-state index contributed by atoms with van der Waals surface area (Å²) in [5, 5.41) is 2.80. The zero-order chi connectivity index (χ0) is 13.4. The number of ether oxygens (including phenoxy) is 2. The summed E-state index contributed by atoms with van der Waals surface area (Å²) in [5.41, 5.74) is 1.15. The highest BCUT2D eigenvalue weighted by Gasteiger charge is 2.08. The van der Waals surface area contributed by atoms with Gasteiger partial charge in [-0.2, -0.15) is 0 Å². The molecule has 1 N–H and O–H groups in total. The van der Waals surface area contributed by atoms with Crippen LogP contribution in [0.3, 0.4) is 0 Å². The number of amides is 1. The van der Waals surface area contributed by atoms with Gasteiger partial charge in [0.25, 0.3) is 0 Å². The third kappa shape index (κ3) is 5.08. The molecule has 1 unspecified atom stereocenters. The summed E-state index contributed by atoms with van der Waals surface area (Å²) < 4.78 is 10.1. The molecule has 0 bridgehead atoms. The number of alkyl carbamates (subject to hydrolysis) is 1. The Kier molecular flexibility index (Phi) is 6.05. The van der Waals surface area contributed by atoms with E-state index in [1.807, 2.05) is 38.1 Å². The van der Waals surface area contributed by atoms with E-state index in [1.54, 1.807) is 7.11 Å². The monoisotopic (exact) mass is 251 g/mol. The van der Waals surface area contributed by atoms with Gasteiger partial charge in [0, 0.05) is 6.04 Å². The summed E-state index contributed by atoms with van der Waals surface area (Å²) in [4.78, 5) is 11.3. The minimum Gasteiger partial charge on any atom is -0.497 e. The number of carbonyl (C=O) groups is 1. The molecular formula is C14H21NO3. The molecule has 0 saturated carbocycles. The third-order valence-corrected chi connectivity index (χ3v) is 2.50. The topological polar surface area (TPSA) is 47.6 Å². The number of rotatable bonds is 6. The van der Waals surface area contributed by atoms with Gasteiger partial charge in [-0.25, -0.2) is 4.79 Å². The van der Waals surface area contributed by atoms with Crippen molar-refractivity contribution < 1.29 is 14.3 Å². The summed E-state index contributed by atoms with van der Waals surface area (Å²) >= 11 is 0. The molecule has 0 aliphatic rings. The van der Waals surface area contributed by atoms with Gasteiger partial charge >= 0.3 is 6.09 Å². The minimum atomic E-state index is -0.349. The molecular weight excluding hydrogens is 230 g/mol. The van der Waals surface area contributed by atoms with Crippen LogP contribution in [0.15, 0.2) is 24.3 Å². The molecule has 0 spiro atoms. The Balaban J connectivity index is 2.38. The first-order chi connectivity index (χ1) is 8.65. The normalized spacial score (nSPS) is 11.7. The third-order valence-electron chi connectivity index (χ3n) is 2.50. The first-order valence-corrected chi connectivity index (χ1v) is 6.22. The van der Waals surface area contributed by atoms with Crippen molar-refractivity contribution in [1.82, 2.24) is 5.32 Å². The summed E-state index contributed by atoms with van der Waals surface area (Å²) in [6.07, 6.45) is 1.25. The average molecular weight is 251 g/mol. The van der Waals surface area contributed by atoms with Crippen LogP contribution < -0.4 is 10.1 Å². The summed E-state index contributed by atoms with van der Waals surface area (Å²) in [7, 11) is 1.64. The van der Waals surface area contributed by atoms with Crippen LogP contribution in [0.2, 0.25) is 0 Å².